The summed E-state index contributed by atoms with van der Waals surface area (Å²) in [5.74, 6) is 0.941. The van der Waals surface area contributed by atoms with Crippen LogP contribution in [0, 0.1) is 5.92 Å². The van der Waals surface area contributed by atoms with Gasteiger partial charge in [0.25, 0.3) is 0 Å². The topological polar surface area (TPSA) is 32.3 Å². The molecule has 3 rings (SSSR count). The first-order chi connectivity index (χ1) is 8.84. The lowest BCUT2D eigenvalue weighted by Crippen LogP contribution is -2.36. The molecular weight excluding hydrogens is 224 g/mol. The zero-order valence-corrected chi connectivity index (χ0v) is 10.7. The average molecular weight is 244 g/mol. The molecule has 1 saturated carbocycles. The minimum Gasteiger partial charge on any atom is -0.311 e. The van der Waals surface area contributed by atoms with Gasteiger partial charge in [0.05, 0.1) is 0 Å². The van der Waals surface area contributed by atoms with Crippen molar-refractivity contribution in [3.8, 4) is 0 Å². The number of para-hydroxylation sites is 1. The molecule has 1 aliphatic heterocycles. The van der Waals surface area contributed by atoms with Crippen molar-refractivity contribution in [2.24, 2.45) is 5.92 Å². The van der Waals surface area contributed by atoms with Gasteiger partial charge in [-0.3, -0.25) is 4.79 Å². The van der Waals surface area contributed by atoms with Crippen molar-refractivity contribution in [2.75, 3.05) is 18.0 Å². The van der Waals surface area contributed by atoms with E-state index in [2.05, 4.69) is 17.4 Å². The van der Waals surface area contributed by atoms with E-state index in [-0.39, 0.29) is 0 Å². The van der Waals surface area contributed by atoms with Gasteiger partial charge in [-0.05, 0) is 30.4 Å². The van der Waals surface area contributed by atoms with Crippen LogP contribution in [-0.2, 0) is 11.3 Å². The van der Waals surface area contributed by atoms with Crippen molar-refractivity contribution in [1.82, 2.24) is 5.32 Å². The summed E-state index contributed by atoms with van der Waals surface area (Å²) in [6.45, 7) is 2.54. The van der Waals surface area contributed by atoms with E-state index in [1.54, 1.807) is 0 Å². The van der Waals surface area contributed by atoms with Gasteiger partial charge in [-0.25, -0.2) is 0 Å². The summed E-state index contributed by atoms with van der Waals surface area (Å²) in [5, 5.41) is 3.38. The second kappa shape index (κ2) is 5.11. The Balaban J connectivity index is 1.79. The van der Waals surface area contributed by atoms with E-state index < -0.39 is 0 Å². The van der Waals surface area contributed by atoms with Crippen molar-refractivity contribution >= 4 is 11.6 Å². The summed E-state index contributed by atoms with van der Waals surface area (Å²) in [5.41, 5.74) is 2.34. The van der Waals surface area contributed by atoms with Gasteiger partial charge >= 0.3 is 0 Å². The highest BCUT2D eigenvalue weighted by molar-refractivity contribution is 5.94. The summed E-state index contributed by atoms with van der Waals surface area (Å²) in [7, 11) is 0. The van der Waals surface area contributed by atoms with Gasteiger partial charge in [0.15, 0.2) is 0 Å². The number of nitrogens with zero attached hydrogens (tertiary/aromatic N) is 1. The normalized spacial score (nSPS) is 19.9. The standard InChI is InChI=1S/C15H20N2O/c18-15(10-12-4-3-5-12)17-9-8-16-11-13-6-1-2-7-14(13)17/h1-2,6-7,12,16H,3-5,8-11H2. The number of carbonyl (C=O) groups is 1. The highest BCUT2D eigenvalue weighted by atomic mass is 16.2. The maximum Gasteiger partial charge on any atom is 0.227 e. The third kappa shape index (κ3) is 2.27. The number of carbonyl (C=O) groups excluding carboxylic acids is 1. The molecule has 2 aliphatic rings. The van der Waals surface area contributed by atoms with Gasteiger partial charge in [-0.15, -0.1) is 0 Å². The molecule has 0 aromatic heterocycles. The number of amides is 1. The maximum absolute atomic E-state index is 12.4. The molecular formula is C15H20N2O. The Morgan fingerprint density at radius 2 is 2.17 bits per heavy atom. The minimum absolute atomic E-state index is 0.302. The van der Waals surface area contributed by atoms with Gasteiger partial charge in [-0.1, -0.05) is 24.6 Å². The lowest BCUT2D eigenvalue weighted by atomic mass is 9.82. The van der Waals surface area contributed by atoms with E-state index in [0.717, 1.165) is 31.7 Å². The molecule has 0 radical (unpaired) electrons. The van der Waals surface area contributed by atoms with Crippen LogP contribution in [0.3, 0.4) is 0 Å². The summed E-state index contributed by atoms with van der Waals surface area (Å²) < 4.78 is 0. The molecule has 0 saturated heterocycles. The zero-order valence-electron chi connectivity index (χ0n) is 10.7. The molecule has 1 aromatic carbocycles. The van der Waals surface area contributed by atoms with E-state index in [1.165, 1.54) is 24.8 Å². The second-order valence-corrected chi connectivity index (χ2v) is 5.35. The maximum atomic E-state index is 12.4. The van der Waals surface area contributed by atoms with Crippen LogP contribution in [0.1, 0.15) is 31.2 Å². The van der Waals surface area contributed by atoms with Crippen LogP contribution in [0.25, 0.3) is 0 Å². The van der Waals surface area contributed by atoms with Gasteiger partial charge in [-0.2, -0.15) is 0 Å². The molecule has 0 atom stereocenters. The van der Waals surface area contributed by atoms with E-state index in [0.29, 0.717) is 11.8 Å². The van der Waals surface area contributed by atoms with E-state index in [1.807, 2.05) is 17.0 Å². The number of hydrogen-bond acceptors (Lipinski definition) is 2. The van der Waals surface area contributed by atoms with Gasteiger partial charge in [0.2, 0.25) is 5.91 Å². The molecule has 96 valence electrons. The van der Waals surface area contributed by atoms with Crippen LogP contribution in [0.15, 0.2) is 24.3 Å². The van der Waals surface area contributed by atoms with E-state index in [4.69, 9.17) is 0 Å². The fraction of sp³-hybridized carbons (Fsp3) is 0.533. The van der Waals surface area contributed by atoms with Crippen molar-refractivity contribution in [3.05, 3.63) is 29.8 Å². The average Bonchev–Trinajstić information content (AvgIpc) is 2.56. The highest BCUT2D eigenvalue weighted by Crippen LogP contribution is 2.31. The van der Waals surface area contributed by atoms with Gasteiger partial charge < -0.3 is 10.2 Å². The number of nitrogens with one attached hydrogen (secondary N) is 1. The number of fused-ring (bicyclic) bond motifs is 1. The molecule has 3 heteroatoms. The second-order valence-electron chi connectivity index (χ2n) is 5.35. The van der Waals surface area contributed by atoms with Crippen molar-refractivity contribution in [3.63, 3.8) is 0 Å². The van der Waals surface area contributed by atoms with Gasteiger partial charge in [0.1, 0.15) is 0 Å². The Hall–Kier alpha value is -1.35. The summed E-state index contributed by atoms with van der Waals surface area (Å²) in [4.78, 5) is 14.4. The zero-order chi connectivity index (χ0) is 12.4. The molecule has 0 spiro atoms. The van der Waals surface area contributed by atoms with Crippen LogP contribution in [0.5, 0.6) is 0 Å². The van der Waals surface area contributed by atoms with Crippen molar-refractivity contribution in [2.45, 2.75) is 32.2 Å². The third-order valence-corrected chi connectivity index (χ3v) is 4.10. The first-order valence-corrected chi connectivity index (χ1v) is 6.93. The molecule has 3 nitrogen and oxygen atoms in total. The Morgan fingerprint density at radius 3 is 2.94 bits per heavy atom. The largest absolute Gasteiger partial charge is 0.311 e. The number of hydrogen-bond donors (Lipinski definition) is 1. The van der Waals surface area contributed by atoms with Crippen LogP contribution in [-0.4, -0.2) is 19.0 Å². The van der Waals surface area contributed by atoms with Gasteiger partial charge in [0, 0.05) is 31.7 Å². The van der Waals surface area contributed by atoms with Crippen molar-refractivity contribution in [1.29, 1.82) is 0 Å². The van der Waals surface area contributed by atoms with E-state index >= 15 is 0 Å². The molecule has 18 heavy (non-hydrogen) atoms. The van der Waals surface area contributed by atoms with E-state index in [9.17, 15) is 4.79 Å². The number of anilines is 1. The first kappa shape index (κ1) is 11.7. The fourth-order valence-corrected chi connectivity index (χ4v) is 2.77. The SMILES string of the molecule is O=C(CC1CCC1)N1CCNCc2ccccc21. The molecule has 1 N–H and O–H groups in total. The van der Waals surface area contributed by atoms with Crippen LogP contribution in [0.4, 0.5) is 5.69 Å². The molecule has 0 unspecified atom stereocenters. The minimum atomic E-state index is 0.302. The lowest BCUT2D eigenvalue weighted by molar-refractivity contribution is -0.120. The number of rotatable bonds is 2. The Morgan fingerprint density at radius 1 is 1.33 bits per heavy atom. The molecule has 1 aliphatic carbocycles. The molecule has 1 amide bonds. The summed E-state index contributed by atoms with van der Waals surface area (Å²) >= 11 is 0. The molecule has 1 fully saturated rings. The smallest absolute Gasteiger partial charge is 0.227 e. The molecule has 1 heterocycles. The summed E-state index contributed by atoms with van der Waals surface area (Å²) in [6.07, 6.45) is 4.50. The highest BCUT2D eigenvalue weighted by Gasteiger charge is 2.26. The Kier molecular flexibility index (Phi) is 3.33. The quantitative estimate of drug-likeness (QED) is 0.866. The van der Waals surface area contributed by atoms with Crippen molar-refractivity contribution < 1.29 is 4.79 Å². The number of benzene rings is 1. The fourth-order valence-electron chi connectivity index (χ4n) is 2.77. The first-order valence-electron chi connectivity index (χ1n) is 6.93. The van der Waals surface area contributed by atoms with Crippen LogP contribution < -0.4 is 10.2 Å². The predicted octanol–water partition coefficient (Wildman–Crippen LogP) is 2.31. The molecule has 0 bridgehead atoms. The monoisotopic (exact) mass is 244 g/mol. The van der Waals surface area contributed by atoms with Crippen LogP contribution >= 0.6 is 0 Å². The summed E-state index contributed by atoms with van der Waals surface area (Å²) in [6, 6.07) is 8.24. The third-order valence-electron chi connectivity index (χ3n) is 4.10. The molecule has 1 aromatic rings. The predicted molar refractivity (Wildman–Crippen MR) is 72.5 cm³/mol. The Bertz CT molecular complexity index is 440. The lowest BCUT2D eigenvalue weighted by Gasteiger charge is -2.29. The van der Waals surface area contributed by atoms with Crippen LogP contribution in [0.2, 0.25) is 0 Å². The Labute approximate surface area is 108 Å².